The lowest BCUT2D eigenvalue weighted by Gasteiger charge is -2.08. The Morgan fingerprint density at radius 2 is 1.15 bits per heavy atom. The first-order chi connectivity index (χ1) is 16.7. The van der Waals surface area contributed by atoms with E-state index in [1.165, 1.54) is 83.5 Å². The van der Waals surface area contributed by atoms with Crippen molar-refractivity contribution in [3.05, 3.63) is 59.7 Å². The SMILES string of the molecule is CCCCCCCCCCCCCCCCOc1ccc(OC(=O)c2ccc(C#N)cc2)cc1. The highest BCUT2D eigenvalue weighted by Crippen LogP contribution is 2.19. The summed E-state index contributed by atoms with van der Waals surface area (Å²) in [5.41, 5.74) is 0.925. The summed E-state index contributed by atoms with van der Waals surface area (Å²) in [4.78, 5) is 12.2. The molecule has 0 aromatic heterocycles. The zero-order chi connectivity index (χ0) is 24.3. The Kier molecular flexibility index (Phi) is 14.2. The average Bonchev–Trinajstić information content (AvgIpc) is 2.87. The number of ether oxygens (including phenoxy) is 2. The van der Waals surface area contributed by atoms with Crippen molar-refractivity contribution < 1.29 is 14.3 Å². The average molecular weight is 464 g/mol. The van der Waals surface area contributed by atoms with Gasteiger partial charge in [0.05, 0.1) is 23.8 Å². The summed E-state index contributed by atoms with van der Waals surface area (Å²) in [6.07, 6.45) is 18.8. The van der Waals surface area contributed by atoms with Gasteiger partial charge in [0, 0.05) is 0 Å². The summed E-state index contributed by atoms with van der Waals surface area (Å²) >= 11 is 0. The largest absolute Gasteiger partial charge is 0.494 e. The van der Waals surface area contributed by atoms with Crippen LogP contribution in [-0.4, -0.2) is 12.6 Å². The minimum Gasteiger partial charge on any atom is -0.494 e. The summed E-state index contributed by atoms with van der Waals surface area (Å²) in [5, 5.41) is 8.83. The first-order valence-electron chi connectivity index (χ1n) is 13.2. The number of rotatable bonds is 18. The van der Waals surface area contributed by atoms with Gasteiger partial charge in [-0.2, -0.15) is 5.26 Å². The van der Waals surface area contributed by atoms with Gasteiger partial charge in [0.15, 0.2) is 0 Å². The van der Waals surface area contributed by atoms with Crippen LogP contribution in [0.3, 0.4) is 0 Å². The fourth-order valence-electron chi connectivity index (χ4n) is 3.94. The molecule has 0 bridgehead atoms. The number of esters is 1. The Morgan fingerprint density at radius 1 is 0.676 bits per heavy atom. The molecule has 0 unspecified atom stereocenters. The molecule has 0 spiro atoms. The molecule has 0 aliphatic rings. The number of hydrogen-bond acceptors (Lipinski definition) is 4. The number of hydrogen-bond donors (Lipinski definition) is 0. The van der Waals surface area contributed by atoms with E-state index in [2.05, 4.69) is 6.92 Å². The maximum atomic E-state index is 12.2. The highest BCUT2D eigenvalue weighted by Gasteiger charge is 2.08. The van der Waals surface area contributed by atoms with Gasteiger partial charge < -0.3 is 9.47 Å². The Bertz CT molecular complexity index is 837. The van der Waals surface area contributed by atoms with Crippen LogP contribution >= 0.6 is 0 Å². The lowest BCUT2D eigenvalue weighted by molar-refractivity contribution is 0.0734. The van der Waals surface area contributed by atoms with Gasteiger partial charge in [-0.1, -0.05) is 90.4 Å². The molecule has 0 saturated carbocycles. The van der Waals surface area contributed by atoms with Crippen molar-refractivity contribution in [1.82, 2.24) is 0 Å². The summed E-state index contributed by atoms with van der Waals surface area (Å²) in [7, 11) is 0. The fraction of sp³-hybridized carbons (Fsp3) is 0.533. The number of benzene rings is 2. The van der Waals surface area contributed by atoms with Crippen LogP contribution in [0.1, 0.15) is 113 Å². The molecule has 0 amide bonds. The van der Waals surface area contributed by atoms with Crippen molar-refractivity contribution in [3.8, 4) is 17.6 Å². The van der Waals surface area contributed by atoms with Gasteiger partial charge in [-0.3, -0.25) is 0 Å². The van der Waals surface area contributed by atoms with Crippen molar-refractivity contribution in [2.24, 2.45) is 0 Å². The molecule has 2 rings (SSSR count). The standard InChI is InChI=1S/C30H41NO3/c1-2-3-4-5-6-7-8-9-10-11-12-13-14-15-24-33-28-20-22-29(23-21-28)34-30(32)27-18-16-26(25-31)17-19-27/h16-23H,2-15,24H2,1H3. The van der Waals surface area contributed by atoms with E-state index in [0.717, 1.165) is 12.2 Å². The molecule has 0 aliphatic carbocycles. The van der Waals surface area contributed by atoms with Gasteiger partial charge in [-0.15, -0.1) is 0 Å². The Hall–Kier alpha value is -2.80. The lowest BCUT2D eigenvalue weighted by Crippen LogP contribution is -2.08. The molecule has 0 fully saturated rings. The molecule has 0 N–H and O–H groups in total. The number of nitriles is 1. The van der Waals surface area contributed by atoms with Crippen LogP contribution in [0.15, 0.2) is 48.5 Å². The van der Waals surface area contributed by atoms with Crippen LogP contribution in [0.25, 0.3) is 0 Å². The Balaban J connectivity index is 1.46. The second-order valence-electron chi connectivity index (χ2n) is 8.99. The van der Waals surface area contributed by atoms with E-state index in [9.17, 15) is 4.79 Å². The van der Waals surface area contributed by atoms with Crippen LogP contribution in [-0.2, 0) is 0 Å². The third kappa shape index (κ3) is 11.9. The Labute approximate surface area is 206 Å². The summed E-state index contributed by atoms with van der Waals surface area (Å²) in [6, 6.07) is 15.5. The van der Waals surface area contributed by atoms with Crippen molar-refractivity contribution in [2.75, 3.05) is 6.61 Å². The molecule has 0 aliphatic heterocycles. The molecule has 2 aromatic rings. The van der Waals surface area contributed by atoms with Crippen molar-refractivity contribution in [1.29, 1.82) is 5.26 Å². The number of carbonyl (C=O) groups excluding carboxylic acids is 1. The topological polar surface area (TPSA) is 59.3 Å². The molecule has 34 heavy (non-hydrogen) atoms. The zero-order valence-electron chi connectivity index (χ0n) is 20.9. The minimum atomic E-state index is -0.444. The van der Waals surface area contributed by atoms with Gasteiger partial charge >= 0.3 is 5.97 Å². The van der Waals surface area contributed by atoms with E-state index in [-0.39, 0.29) is 0 Å². The molecule has 184 valence electrons. The van der Waals surface area contributed by atoms with Crippen LogP contribution in [0, 0.1) is 11.3 Å². The summed E-state index contributed by atoms with van der Waals surface area (Å²) < 4.78 is 11.2. The second-order valence-corrected chi connectivity index (χ2v) is 8.99. The first kappa shape index (κ1) is 27.4. The van der Waals surface area contributed by atoms with E-state index in [1.54, 1.807) is 36.4 Å². The highest BCUT2D eigenvalue weighted by atomic mass is 16.5. The number of carbonyl (C=O) groups is 1. The second kappa shape index (κ2) is 17.6. The van der Waals surface area contributed by atoms with Crippen molar-refractivity contribution >= 4 is 5.97 Å². The van der Waals surface area contributed by atoms with E-state index < -0.39 is 5.97 Å². The quantitative estimate of drug-likeness (QED) is 0.126. The van der Waals surface area contributed by atoms with Crippen molar-refractivity contribution in [3.63, 3.8) is 0 Å². The van der Waals surface area contributed by atoms with Crippen LogP contribution in [0.2, 0.25) is 0 Å². The highest BCUT2D eigenvalue weighted by molar-refractivity contribution is 5.91. The van der Waals surface area contributed by atoms with Gasteiger partial charge in [0.2, 0.25) is 0 Å². The Morgan fingerprint density at radius 3 is 1.65 bits per heavy atom. The van der Waals surface area contributed by atoms with Crippen LogP contribution < -0.4 is 9.47 Å². The summed E-state index contributed by atoms with van der Waals surface area (Å²) in [6.45, 7) is 2.98. The fourth-order valence-corrected chi connectivity index (χ4v) is 3.94. The van der Waals surface area contributed by atoms with E-state index >= 15 is 0 Å². The van der Waals surface area contributed by atoms with Crippen molar-refractivity contribution in [2.45, 2.75) is 96.8 Å². The monoisotopic (exact) mass is 463 g/mol. The van der Waals surface area contributed by atoms with Gasteiger partial charge in [-0.05, 0) is 55.0 Å². The van der Waals surface area contributed by atoms with Crippen LogP contribution in [0.4, 0.5) is 0 Å². The normalized spacial score (nSPS) is 10.6. The third-order valence-corrected chi connectivity index (χ3v) is 6.05. The first-order valence-corrected chi connectivity index (χ1v) is 13.2. The molecule has 0 heterocycles. The van der Waals surface area contributed by atoms with E-state index in [0.29, 0.717) is 23.5 Å². The molecule has 2 aromatic carbocycles. The molecule has 0 atom stereocenters. The maximum absolute atomic E-state index is 12.2. The third-order valence-electron chi connectivity index (χ3n) is 6.05. The van der Waals surface area contributed by atoms with Crippen LogP contribution in [0.5, 0.6) is 11.5 Å². The van der Waals surface area contributed by atoms with Gasteiger partial charge in [0.1, 0.15) is 11.5 Å². The predicted molar refractivity (Wildman–Crippen MR) is 138 cm³/mol. The van der Waals surface area contributed by atoms with E-state index in [4.69, 9.17) is 14.7 Å². The molecule has 0 saturated heterocycles. The molecular weight excluding hydrogens is 422 g/mol. The molecule has 0 radical (unpaired) electrons. The number of nitrogens with zero attached hydrogens (tertiary/aromatic N) is 1. The van der Waals surface area contributed by atoms with Gasteiger partial charge in [0.25, 0.3) is 0 Å². The smallest absolute Gasteiger partial charge is 0.343 e. The predicted octanol–water partition coefficient (Wildman–Crippen LogP) is 8.64. The minimum absolute atomic E-state index is 0.414. The number of unbranched alkanes of at least 4 members (excludes halogenated alkanes) is 13. The molecule has 4 nitrogen and oxygen atoms in total. The molecular formula is C30H41NO3. The van der Waals surface area contributed by atoms with Gasteiger partial charge in [-0.25, -0.2) is 4.79 Å². The lowest BCUT2D eigenvalue weighted by atomic mass is 10.0. The van der Waals surface area contributed by atoms with E-state index in [1.807, 2.05) is 18.2 Å². The summed E-state index contributed by atoms with van der Waals surface area (Å²) in [5.74, 6) is 0.812. The zero-order valence-corrected chi connectivity index (χ0v) is 20.9. The molecule has 4 heteroatoms. The maximum Gasteiger partial charge on any atom is 0.343 e.